The third-order valence-electron chi connectivity index (χ3n) is 3.86. The summed E-state index contributed by atoms with van der Waals surface area (Å²) in [5.74, 6) is 0.109. The molecule has 0 saturated carbocycles. The summed E-state index contributed by atoms with van der Waals surface area (Å²) in [7, 11) is 3.98. The highest BCUT2D eigenvalue weighted by Crippen LogP contribution is 2.25. The number of nitrogens with two attached hydrogens (primary N) is 1. The van der Waals surface area contributed by atoms with Gasteiger partial charge in [-0.25, -0.2) is 0 Å². The van der Waals surface area contributed by atoms with Crippen molar-refractivity contribution in [2.24, 2.45) is 5.73 Å². The Bertz CT molecular complexity index is 972. The van der Waals surface area contributed by atoms with Gasteiger partial charge in [0.1, 0.15) is 18.1 Å². The number of pyridine rings is 1. The summed E-state index contributed by atoms with van der Waals surface area (Å²) in [5, 5.41) is 0.940. The molecule has 0 spiro atoms. The quantitative estimate of drug-likeness (QED) is 0.633. The highest BCUT2D eigenvalue weighted by Gasteiger charge is 2.10. The molecule has 0 radical (unpaired) electrons. The van der Waals surface area contributed by atoms with E-state index in [2.05, 4.69) is 14.9 Å². The van der Waals surface area contributed by atoms with Gasteiger partial charge in [-0.05, 0) is 50.5 Å². The number of ether oxygens (including phenoxy) is 1. The van der Waals surface area contributed by atoms with E-state index in [1.807, 2.05) is 38.4 Å². The Balaban J connectivity index is 1.88. The van der Waals surface area contributed by atoms with Crippen LogP contribution in [0.3, 0.4) is 0 Å². The predicted molar refractivity (Wildman–Crippen MR) is 96.9 cm³/mol. The van der Waals surface area contributed by atoms with E-state index in [4.69, 9.17) is 10.5 Å². The fraction of sp³-hybridized carbons (Fsp3) is 0.222. The monoisotopic (exact) mass is 340 g/mol. The Kier molecular flexibility index (Phi) is 4.58. The van der Waals surface area contributed by atoms with Gasteiger partial charge in [-0.15, -0.1) is 0 Å². The van der Waals surface area contributed by atoms with Gasteiger partial charge in [-0.2, -0.15) is 0 Å². The Hall–Kier alpha value is -3.06. The molecule has 7 nitrogen and oxygen atoms in total. The van der Waals surface area contributed by atoms with Crippen molar-refractivity contribution in [1.82, 2.24) is 14.9 Å². The average Bonchev–Trinajstić information content (AvgIpc) is 2.97. The molecule has 25 heavy (non-hydrogen) atoms. The molecule has 3 aromatic rings. The van der Waals surface area contributed by atoms with Crippen LogP contribution in [0.4, 0.5) is 0 Å². The SMILES string of the molecule is CN(C)CCOc1ccc2[nH]c(-c3ccc(C(N)=O)[nH]c3=O)cc2c1. The van der Waals surface area contributed by atoms with Gasteiger partial charge in [0.25, 0.3) is 11.5 Å². The van der Waals surface area contributed by atoms with Gasteiger partial charge >= 0.3 is 0 Å². The minimum Gasteiger partial charge on any atom is -0.492 e. The first kappa shape index (κ1) is 16.8. The number of aromatic amines is 2. The van der Waals surface area contributed by atoms with Crippen LogP contribution in [0.2, 0.25) is 0 Å². The molecule has 0 unspecified atom stereocenters. The van der Waals surface area contributed by atoms with E-state index >= 15 is 0 Å². The van der Waals surface area contributed by atoms with Gasteiger partial charge in [0, 0.05) is 17.4 Å². The van der Waals surface area contributed by atoms with Crippen molar-refractivity contribution in [2.45, 2.75) is 0 Å². The number of carbonyl (C=O) groups excluding carboxylic acids is 1. The number of amides is 1. The number of fused-ring (bicyclic) bond motifs is 1. The van der Waals surface area contributed by atoms with Crippen molar-refractivity contribution in [3.05, 3.63) is 52.4 Å². The minimum atomic E-state index is -0.667. The van der Waals surface area contributed by atoms with Crippen LogP contribution in [0.1, 0.15) is 10.5 Å². The fourth-order valence-corrected chi connectivity index (χ4v) is 2.52. The number of hydrogen-bond acceptors (Lipinski definition) is 4. The van der Waals surface area contributed by atoms with Crippen LogP contribution in [0, 0.1) is 0 Å². The number of nitrogens with zero attached hydrogens (tertiary/aromatic N) is 1. The number of likely N-dealkylation sites (N-methyl/N-ethyl adjacent to an activating group) is 1. The van der Waals surface area contributed by atoms with Gasteiger partial charge in [0.15, 0.2) is 0 Å². The molecule has 0 bridgehead atoms. The Morgan fingerprint density at radius 2 is 1.96 bits per heavy atom. The molecule has 0 saturated heterocycles. The first-order valence-electron chi connectivity index (χ1n) is 7.88. The van der Waals surface area contributed by atoms with Gasteiger partial charge in [-0.3, -0.25) is 9.59 Å². The average molecular weight is 340 g/mol. The Labute approximate surface area is 144 Å². The van der Waals surface area contributed by atoms with Gasteiger partial charge in [0.2, 0.25) is 0 Å². The summed E-state index contributed by atoms with van der Waals surface area (Å²) in [5.41, 5.74) is 6.89. The second kappa shape index (κ2) is 6.82. The molecule has 4 N–H and O–H groups in total. The minimum absolute atomic E-state index is 0.0847. The number of primary amides is 1. The number of aromatic nitrogens is 2. The van der Waals surface area contributed by atoms with E-state index in [1.54, 1.807) is 6.07 Å². The van der Waals surface area contributed by atoms with Gasteiger partial charge in [0.05, 0.1) is 11.3 Å². The number of H-pyrrole nitrogens is 2. The second-order valence-electron chi connectivity index (χ2n) is 6.06. The molecule has 0 aliphatic rings. The van der Waals surface area contributed by atoms with Crippen LogP contribution in [0.5, 0.6) is 5.75 Å². The zero-order valence-electron chi connectivity index (χ0n) is 14.1. The maximum atomic E-state index is 12.2. The largest absolute Gasteiger partial charge is 0.492 e. The molecule has 2 heterocycles. The van der Waals surface area contributed by atoms with Gasteiger partial charge < -0.3 is 25.3 Å². The molecule has 0 atom stereocenters. The first-order chi connectivity index (χ1) is 11.9. The van der Waals surface area contributed by atoms with Crippen molar-refractivity contribution in [3.8, 4) is 17.0 Å². The van der Waals surface area contributed by atoms with E-state index in [9.17, 15) is 9.59 Å². The van der Waals surface area contributed by atoms with Crippen LogP contribution < -0.4 is 16.0 Å². The number of carbonyl (C=O) groups is 1. The molecular formula is C18H20N4O3. The number of nitrogens with one attached hydrogen (secondary N) is 2. The second-order valence-corrected chi connectivity index (χ2v) is 6.06. The molecule has 0 fully saturated rings. The summed E-state index contributed by atoms with van der Waals surface area (Å²) in [4.78, 5) is 31.1. The lowest BCUT2D eigenvalue weighted by Crippen LogP contribution is -2.19. The molecule has 7 heteroatoms. The number of hydrogen-bond donors (Lipinski definition) is 3. The summed E-state index contributed by atoms with van der Waals surface area (Å²) in [6, 6.07) is 10.7. The normalized spacial score (nSPS) is 11.2. The number of benzene rings is 1. The van der Waals surface area contributed by atoms with E-state index in [0.29, 0.717) is 17.9 Å². The van der Waals surface area contributed by atoms with Crippen molar-refractivity contribution >= 4 is 16.8 Å². The maximum absolute atomic E-state index is 12.2. The lowest BCUT2D eigenvalue weighted by Gasteiger charge is -2.10. The third kappa shape index (κ3) is 3.72. The zero-order valence-corrected chi connectivity index (χ0v) is 14.1. The van der Waals surface area contributed by atoms with E-state index in [1.165, 1.54) is 6.07 Å². The predicted octanol–water partition coefficient (Wildman–Crippen LogP) is 1.56. The van der Waals surface area contributed by atoms with Crippen LogP contribution in [0.15, 0.2) is 41.2 Å². The lowest BCUT2D eigenvalue weighted by molar-refractivity contribution is 0.0995. The molecule has 130 valence electrons. The lowest BCUT2D eigenvalue weighted by atomic mass is 10.1. The van der Waals surface area contributed by atoms with Crippen LogP contribution in [-0.4, -0.2) is 48.0 Å². The molecule has 1 aromatic carbocycles. The summed E-state index contributed by atoms with van der Waals surface area (Å²) in [6.45, 7) is 1.43. The highest BCUT2D eigenvalue weighted by molar-refractivity contribution is 5.91. The Morgan fingerprint density at radius 3 is 2.64 bits per heavy atom. The first-order valence-corrected chi connectivity index (χ1v) is 7.88. The molecule has 1 amide bonds. The molecule has 0 aliphatic carbocycles. The van der Waals surface area contributed by atoms with Crippen molar-refractivity contribution < 1.29 is 9.53 Å². The van der Waals surface area contributed by atoms with Crippen LogP contribution in [0.25, 0.3) is 22.2 Å². The molecule has 2 aromatic heterocycles. The van der Waals surface area contributed by atoms with Gasteiger partial charge in [-0.1, -0.05) is 0 Å². The highest BCUT2D eigenvalue weighted by atomic mass is 16.5. The van der Waals surface area contributed by atoms with E-state index < -0.39 is 5.91 Å². The summed E-state index contributed by atoms with van der Waals surface area (Å²) >= 11 is 0. The smallest absolute Gasteiger partial charge is 0.265 e. The van der Waals surface area contributed by atoms with Crippen molar-refractivity contribution in [3.63, 3.8) is 0 Å². The van der Waals surface area contributed by atoms with Crippen LogP contribution in [-0.2, 0) is 0 Å². The van der Waals surface area contributed by atoms with E-state index in [-0.39, 0.29) is 11.3 Å². The zero-order chi connectivity index (χ0) is 18.0. The van der Waals surface area contributed by atoms with Crippen LogP contribution >= 0.6 is 0 Å². The summed E-state index contributed by atoms with van der Waals surface area (Å²) < 4.78 is 5.73. The Morgan fingerprint density at radius 1 is 1.16 bits per heavy atom. The topological polar surface area (TPSA) is 104 Å². The fourth-order valence-electron chi connectivity index (χ4n) is 2.52. The number of rotatable bonds is 6. The molecular weight excluding hydrogens is 320 g/mol. The third-order valence-corrected chi connectivity index (χ3v) is 3.86. The molecule has 3 rings (SSSR count). The van der Waals surface area contributed by atoms with Crippen molar-refractivity contribution in [1.29, 1.82) is 0 Å². The standard InChI is InChI=1S/C18H20N4O3/c1-22(2)7-8-25-12-3-5-14-11(9-12)10-16(20-14)13-4-6-15(17(19)23)21-18(13)24/h3-6,9-10,20H,7-8H2,1-2H3,(H2,19,23)(H,21,24). The van der Waals surface area contributed by atoms with Crippen molar-refractivity contribution in [2.75, 3.05) is 27.2 Å². The van der Waals surface area contributed by atoms with E-state index in [0.717, 1.165) is 23.2 Å². The maximum Gasteiger partial charge on any atom is 0.265 e. The molecule has 0 aliphatic heterocycles. The summed E-state index contributed by atoms with van der Waals surface area (Å²) in [6.07, 6.45) is 0.